The van der Waals surface area contributed by atoms with Gasteiger partial charge in [0.25, 0.3) is 5.91 Å². The van der Waals surface area contributed by atoms with Crippen LogP contribution < -0.4 is 5.32 Å². The molecule has 3 nitrogen and oxygen atoms in total. The zero-order chi connectivity index (χ0) is 13.1. The molecule has 98 valence electrons. The van der Waals surface area contributed by atoms with Crippen molar-refractivity contribution in [2.45, 2.75) is 45.6 Å². The summed E-state index contributed by atoms with van der Waals surface area (Å²) in [4.78, 5) is 12.1. The van der Waals surface area contributed by atoms with Gasteiger partial charge in [-0.25, -0.2) is 0 Å². The molecule has 2 rings (SSSR count). The average Bonchev–Trinajstić information content (AvgIpc) is 2.28. The maximum absolute atomic E-state index is 12.1. The average molecular weight is 247 g/mol. The summed E-state index contributed by atoms with van der Waals surface area (Å²) in [5.74, 6) is 0.582. The van der Waals surface area contributed by atoms with Crippen molar-refractivity contribution in [2.24, 2.45) is 5.92 Å². The lowest BCUT2D eigenvalue weighted by molar-refractivity contribution is 0.0918. The Morgan fingerprint density at radius 3 is 2.83 bits per heavy atom. The molecule has 2 unspecified atom stereocenters. The first-order valence-corrected chi connectivity index (χ1v) is 6.66. The Kier molecular flexibility index (Phi) is 3.90. The van der Waals surface area contributed by atoms with Gasteiger partial charge in [-0.1, -0.05) is 25.8 Å². The molecule has 1 aromatic rings. The predicted molar refractivity (Wildman–Crippen MR) is 71.7 cm³/mol. The van der Waals surface area contributed by atoms with Crippen LogP contribution in [-0.4, -0.2) is 17.1 Å². The van der Waals surface area contributed by atoms with Crippen LogP contribution in [0, 0.1) is 12.8 Å². The van der Waals surface area contributed by atoms with E-state index in [4.69, 9.17) is 0 Å². The molecule has 18 heavy (non-hydrogen) atoms. The van der Waals surface area contributed by atoms with Gasteiger partial charge in [-0.15, -0.1) is 0 Å². The zero-order valence-corrected chi connectivity index (χ0v) is 11.1. The molecule has 3 heteroatoms. The van der Waals surface area contributed by atoms with Gasteiger partial charge in [0.05, 0.1) is 5.56 Å². The molecular formula is C15H21NO2. The number of carbonyl (C=O) groups is 1. The van der Waals surface area contributed by atoms with Gasteiger partial charge < -0.3 is 10.4 Å². The number of phenolic OH excluding ortho intramolecular Hbond substituents is 1. The maximum atomic E-state index is 12.1. The van der Waals surface area contributed by atoms with Crippen LogP contribution in [0.15, 0.2) is 18.2 Å². The summed E-state index contributed by atoms with van der Waals surface area (Å²) in [5.41, 5.74) is 1.33. The minimum Gasteiger partial charge on any atom is -0.507 e. The Morgan fingerprint density at radius 2 is 2.17 bits per heavy atom. The number of benzene rings is 1. The first kappa shape index (κ1) is 12.9. The first-order chi connectivity index (χ1) is 8.56. The fourth-order valence-electron chi connectivity index (χ4n) is 2.66. The number of carbonyl (C=O) groups excluding carboxylic acids is 1. The van der Waals surface area contributed by atoms with Crippen molar-refractivity contribution in [3.63, 3.8) is 0 Å². The van der Waals surface area contributed by atoms with Crippen LogP contribution in [-0.2, 0) is 0 Å². The number of rotatable bonds is 2. The second-order valence-corrected chi connectivity index (χ2v) is 5.46. The molecule has 0 saturated heterocycles. The van der Waals surface area contributed by atoms with E-state index in [1.807, 2.05) is 13.0 Å². The summed E-state index contributed by atoms with van der Waals surface area (Å²) in [6, 6.07) is 5.41. The fourth-order valence-corrected chi connectivity index (χ4v) is 2.66. The molecule has 0 spiro atoms. The van der Waals surface area contributed by atoms with Gasteiger partial charge in [0.1, 0.15) is 5.75 Å². The fraction of sp³-hybridized carbons (Fsp3) is 0.533. The van der Waals surface area contributed by atoms with Crippen molar-refractivity contribution in [3.8, 4) is 5.75 Å². The van der Waals surface area contributed by atoms with Crippen LogP contribution in [0.2, 0.25) is 0 Å². The number of hydrogen-bond donors (Lipinski definition) is 2. The van der Waals surface area contributed by atoms with Crippen molar-refractivity contribution in [3.05, 3.63) is 29.3 Å². The van der Waals surface area contributed by atoms with Gasteiger partial charge in [-0.2, -0.15) is 0 Å². The van der Waals surface area contributed by atoms with Crippen LogP contribution in [0.25, 0.3) is 0 Å². The van der Waals surface area contributed by atoms with E-state index in [1.165, 1.54) is 12.8 Å². The molecule has 0 aromatic heterocycles. The molecule has 1 amide bonds. The smallest absolute Gasteiger partial charge is 0.255 e. The van der Waals surface area contributed by atoms with Crippen molar-refractivity contribution in [1.29, 1.82) is 0 Å². The lowest BCUT2D eigenvalue weighted by Crippen LogP contribution is -2.38. The molecule has 0 bridgehead atoms. The van der Waals surface area contributed by atoms with Gasteiger partial charge in [0, 0.05) is 6.04 Å². The Labute approximate surface area is 108 Å². The quantitative estimate of drug-likeness (QED) is 0.844. The largest absolute Gasteiger partial charge is 0.507 e. The minimum absolute atomic E-state index is 0.0661. The van der Waals surface area contributed by atoms with Gasteiger partial charge in [-0.3, -0.25) is 4.79 Å². The molecule has 2 N–H and O–H groups in total. The Balaban J connectivity index is 2.03. The minimum atomic E-state index is -0.161. The predicted octanol–water partition coefficient (Wildman–Crippen LogP) is 3.01. The lowest BCUT2D eigenvalue weighted by atomic mass is 9.87. The van der Waals surface area contributed by atoms with Crippen molar-refractivity contribution < 1.29 is 9.90 Å². The molecule has 1 aliphatic rings. The van der Waals surface area contributed by atoms with Crippen molar-refractivity contribution >= 4 is 5.91 Å². The molecule has 1 aliphatic carbocycles. The van der Waals surface area contributed by atoms with Crippen molar-refractivity contribution in [1.82, 2.24) is 5.32 Å². The molecule has 0 heterocycles. The standard InChI is InChI=1S/C15H21NO2/c1-10-4-3-5-12(8-10)16-15(18)13-7-6-11(2)9-14(13)17/h6-7,9-10,12,17H,3-5,8H2,1-2H3,(H,16,18). The second kappa shape index (κ2) is 5.42. The van der Waals surface area contributed by atoms with Crippen LogP contribution in [0.3, 0.4) is 0 Å². The summed E-state index contributed by atoms with van der Waals surface area (Å²) in [6.45, 7) is 4.12. The molecule has 0 aliphatic heterocycles. The van der Waals surface area contributed by atoms with E-state index in [9.17, 15) is 9.90 Å². The SMILES string of the molecule is Cc1ccc(C(=O)NC2CCCC(C)C2)c(O)c1. The number of hydrogen-bond acceptors (Lipinski definition) is 2. The second-order valence-electron chi connectivity index (χ2n) is 5.46. The van der Waals surface area contributed by atoms with Gasteiger partial charge in [0.2, 0.25) is 0 Å². The molecule has 1 saturated carbocycles. The summed E-state index contributed by atoms with van der Waals surface area (Å²) in [6.07, 6.45) is 4.51. The van der Waals surface area contributed by atoms with E-state index in [1.54, 1.807) is 12.1 Å². The number of nitrogens with one attached hydrogen (secondary N) is 1. The van der Waals surface area contributed by atoms with Crippen LogP contribution in [0.5, 0.6) is 5.75 Å². The molecule has 0 radical (unpaired) electrons. The first-order valence-electron chi connectivity index (χ1n) is 6.66. The lowest BCUT2D eigenvalue weighted by Gasteiger charge is -2.27. The van der Waals surface area contributed by atoms with E-state index >= 15 is 0 Å². The van der Waals surface area contributed by atoms with Crippen LogP contribution >= 0.6 is 0 Å². The number of amides is 1. The number of phenols is 1. The summed E-state index contributed by atoms with van der Waals surface area (Å²) >= 11 is 0. The third-order valence-electron chi connectivity index (χ3n) is 3.67. The van der Waals surface area contributed by atoms with Gasteiger partial charge in [-0.05, 0) is 43.4 Å². The molecule has 1 fully saturated rings. The third-order valence-corrected chi connectivity index (χ3v) is 3.67. The normalized spacial score (nSPS) is 23.7. The molecule has 1 aromatic carbocycles. The Hall–Kier alpha value is -1.51. The number of aromatic hydroxyl groups is 1. The summed E-state index contributed by atoms with van der Waals surface area (Å²) in [5, 5.41) is 12.8. The maximum Gasteiger partial charge on any atom is 0.255 e. The Bertz CT molecular complexity index is 442. The molecule has 2 atom stereocenters. The van der Waals surface area contributed by atoms with Gasteiger partial charge in [0.15, 0.2) is 0 Å². The topological polar surface area (TPSA) is 49.3 Å². The molecular weight excluding hydrogens is 226 g/mol. The van der Waals surface area contributed by atoms with E-state index in [2.05, 4.69) is 12.2 Å². The van der Waals surface area contributed by atoms with E-state index in [0.29, 0.717) is 11.5 Å². The highest BCUT2D eigenvalue weighted by Gasteiger charge is 2.21. The van der Waals surface area contributed by atoms with Gasteiger partial charge >= 0.3 is 0 Å². The monoisotopic (exact) mass is 247 g/mol. The zero-order valence-electron chi connectivity index (χ0n) is 11.1. The third kappa shape index (κ3) is 3.03. The number of aryl methyl sites for hydroxylation is 1. The van der Waals surface area contributed by atoms with Crippen molar-refractivity contribution in [2.75, 3.05) is 0 Å². The van der Waals surface area contributed by atoms with E-state index in [-0.39, 0.29) is 17.7 Å². The van der Waals surface area contributed by atoms with Crippen LogP contribution in [0.1, 0.15) is 48.5 Å². The van der Waals surface area contributed by atoms with Crippen LogP contribution in [0.4, 0.5) is 0 Å². The highest BCUT2D eigenvalue weighted by atomic mass is 16.3. The Morgan fingerprint density at radius 1 is 1.39 bits per heavy atom. The highest BCUT2D eigenvalue weighted by molar-refractivity contribution is 5.97. The highest BCUT2D eigenvalue weighted by Crippen LogP contribution is 2.24. The summed E-state index contributed by atoms with van der Waals surface area (Å²) in [7, 11) is 0. The summed E-state index contributed by atoms with van der Waals surface area (Å²) < 4.78 is 0. The van der Waals surface area contributed by atoms with E-state index < -0.39 is 0 Å². The van der Waals surface area contributed by atoms with E-state index in [0.717, 1.165) is 18.4 Å².